The minimum absolute atomic E-state index is 0.404. The molecule has 8 aromatic carbocycles. The highest BCUT2D eigenvalue weighted by Crippen LogP contribution is 2.49. The molecule has 8 aromatic rings. The van der Waals surface area contributed by atoms with Gasteiger partial charge in [-0.1, -0.05) is 192 Å². The van der Waals surface area contributed by atoms with Crippen LogP contribution in [-0.2, 0) is 0 Å². The van der Waals surface area contributed by atoms with Crippen molar-refractivity contribution < 1.29 is 0 Å². The van der Waals surface area contributed by atoms with Gasteiger partial charge in [0.2, 0.25) is 0 Å². The summed E-state index contributed by atoms with van der Waals surface area (Å²) in [6, 6.07) is 47.2. The third-order valence-electron chi connectivity index (χ3n) is 14.9. The van der Waals surface area contributed by atoms with Crippen LogP contribution >= 0.6 is 0 Å². The Morgan fingerprint density at radius 3 is 0.864 bits per heavy atom. The first-order chi connectivity index (χ1) is 31.4. The number of hydrogen-bond acceptors (Lipinski definition) is 0. The Balaban J connectivity index is 1.41. The maximum Gasteiger partial charge on any atom is -0.00608 e. The average molecular weight is 867 g/mol. The predicted octanol–water partition coefficient (Wildman–Crippen LogP) is 20.3. The normalized spacial score (nSPS) is 12.2. The fourth-order valence-electron chi connectivity index (χ4n) is 11.0. The van der Waals surface area contributed by atoms with Crippen LogP contribution in [0.15, 0.2) is 121 Å². The SMILES string of the molecule is Cc1c(-c2cc3ccccc3c(-c3c(C)c(-c4cccc(-c5c(C(C)C)cc(C(C)C)cc5C(C)C)c4C)cc4ccccc34)c2C)cccc1-c1c(C(C)C)cc(C(C)C)cc1C(C)C. The lowest BCUT2D eigenvalue weighted by Gasteiger charge is -2.26. The monoisotopic (exact) mass is 867 g/mol. The lowest BCUT2D eigenvalue weighted by molar-refractivity contribution is 0.807. The first-order valence-corrected chi connectivity index (χ1v) is 25.0. The van der Waals surface area contributed by atoms with Crippen molar-refractivity contribution in [2.24, 2.45) is 0 Å². The fourth-order valence-corrected chi connectivity index (χ4v) is 11.0. The van der Waals surface area contributed by atoms with E-state index in [1.165, 1.54) is 133 Å². The molecule has 0 aliphatic carbocycles. The number of benzene rings is 8. The van der Waals surface area contributed by atoms with E-state index in [1.54, 1.807) is 0 Å². The largest absolute Gasteiger partial charge is 0.0616 e. The van der Waals surface area contributed by atoms with E-state index in [2.05, 4.69) is 232 Å². The van der Waals surface area contributed by atoms with Crippen molar-refractivity contribution in [3.63, 3.8) is 0 Å². The van der Waals surface area contributed by atoms with Gasteiger partial charge in [0.05, 0.1) is 0 Å². The molecule has 0 heterocycles. The molecule has 0 aromatic heterocycles. The van der Waals surface area contributed by atoms with Crippen LogP contribution in [0.2, 0.25) is 0 Å². The standard InChI is InChI=1S/C66H74/c1-37(2)49-33-57(39(5)6)65(58(34-49)40(7)8)53-29-21-27-51(43(53)13)61-31-47-23-17-19-25-55(47)63(45(61)15)64-46(16)62(32-48-24-18-20-26-56(48)64)52-28-22-30-54(44(52)14)66-59(41(9)10)35-50(38(3)4)36-60(66)42(11)12/h17-42H,1-16H3. The summed E-state index contributed by atoms with van der Waals surface area (Å²) in [7, 11) is 0. The number of rotatable bonds is 11. The second kappa shape index (κ2) is 18.5. The highest BCUT2D eigenvalue weighted by atomic mass is 14.3. The van der Waals surface area contributed by atoms with Crippen LogP contribution < -0.4 is 0 Å². The molecule has 0 N–H and O–H groups in total. The molecule has 66 heavy (non-hydrogen) atoms. The summed E-state index contributed by atoms with van der Waals surface area (Å²) < 4.78 is 0. The van der Waals surface area contributed by atoms with Gasteiger partial charge >= 0.3 is 0 Å². The predicted molar refractivity (Wildman–Crippen MR) is 292 cm³/mol. The van der Waals surface area contributed by atoms with E-state index in [9.17, 15) is 0 Å². The van der Waals surface area contributed by atoms with Gasteiger partial charge in [0.1, 0.15) is 0 Å². The number of fused-ring (bicyclic) bond motifs is 2. The molecule has 0 aliphatic rings. The zero-order chi connectivity index (χ0) is 47.5. The van der Waals surface area contributed by atoms with Crippen LogP contribution in [0.25, 0.3) is 77.2 Å². The minimum atomic E-state index is 0.404. The summed E-state index contributed by atoms with van der Waals surface area (Å²) in [5.41, 5.74) is 27.4. The Morgan fingerprint density at radius 1 is 0.258 bits per heavy atom. The highest BCUT2D eigenvalue weighted by molar-refractivity contribution is 6.12. The van der Waals surface area contributed by atoms with Gasteiger partial charge in [0.15, 0.2) is 0 Å². The van der Waals surface area contributed by atoms with Crippen LogP contribution in [0.3, 0.4) is 0 Å². The molecule has 0 fully saturated rings. The van der Waals surface area contributed by atoms with Crippen molar-refractivity contribution in [1.29, 1.82) is 0 Å². The summed E-state index contributed by atoms with van der Waals surface area (Å²) >= 11 is 0. The molecule has 338 valence electrons. The van der Waals surface area contributed by atoms with Gasteiger partial charge in [-0.2, -0.15) is 0 Å². The maximum absolute atomic E-state index is 2.50. The third kappa shape index (κ3) is 8.25. The summed E-state index contributed by atoms with van der Waals surface area (Å²) in [6.07, 6.45) is 0. The molecule has 0 heteroatoms. The minimum Gasteiger partial charge on any atom is -0.0616 e. The topological polar surface area (TPSA) is 0 Å². The van der Waals surface area contributed by atoms with Crippen molar-refractivity contribution in [2.75, 3.05) is 0 Å². The molecule has 0 radical (unpaired) electrons. The second-order valence-electron chi connectivity index (χ2n) is 21.3. The van der Waals surface area contributed by atoms with Crippen molar-refractivity contribution in [3.05, 3.63) is 177 Å². The summed E-state index contributed by atoms with van der Waals surface area (Å²) in [5, 5.41) is 5.13. The van der Waals surface area contributed by atoms with Gasteiger partial charge in [-0.15, -0.1) is 0 Å². The molecule has 0 amide bonds. The molecule has 0 spiro atoms. The van der Waals surface area contributed by atoms with Crippen molar-refractivity contribution in [3.8, 4) is 55.6 Å². The first-order valence-electron chi connectivity index (χ1n) is 25.0. The molecule has 0 atom stereocenters. The lowest BCUT2D eigenvalue weighted by atomic mass is 9.78. The molecule has 0 nitrogen and oxygen atoms in total. The Labute approximate surface area is 398 Å². The first kappa shape index (κ1) is 46.8. The molecule has 0 aliphatic heterocycles. The summed E-state index contributed by atoms with van der Waals surface area (Å²) in [6.45, 7) is 37.7. The molecule has 0 bridgehead atoms. The van der Waals surface area contributed by atoms with Crippen LogP contribution in [0.1, 0.15) is 174 Å². The van der Waals surface area contributed by atoms with Crippen LogP contribution in [0, 0.1) is 27.7 Å². The van der Waals surface area contributed by atoms with Gasteiger partial charge in [-0.05, 0) is 208 Å². The van der Waals surface area contributed by atoms with Crippen LogP contribution in [0.4, 0.5) is 0 Å². The van der Waals surface area contributed by atoms with E-state index in [0.29, 0.717) is 35.5 Å². The van der Waals surface area contributed by atoms with E-state index in [0.717, 1.165) is 0 Å². The molecular weight excluding hydrogens is 793 g/mol. The maximum atomic E-state index is 2.50. The Bertz CT molecular complexity index is 2850. The van der Waals surface area contributed by atoms with Gasteiger partial charge in [0, 0.05) is 0 Å². The van der Waals surface area contributed by atoms with Crippen LogP contribution in [0.5, 0.6) is 0 Å². The van der Waals surface area contributed by atoms with Gasteiger partial charge in [-0.25, -0.2) is 0 Å². The molecule has 0 saturated heterocycles. The summed E-state index contributed by atoms with van der Waals surface area (Å²) in [4.78, 5) is 0. The Morgan fingerprint density at radius 2 is 0.561 bits per heavy atom. The van der Waals surface area contributed by atoms with Gasteiger partial charge in [-0.3, -0.25) is 0 Å². The van der Waals surface area contributed by atoms with E-state index in [4.69, 9.17) is 0 Å². The summed E-state index contributed by atoms with van der Waals surface area (Å²) in [5.74, 6) is 2.57. The zero-order valence-corrected chi connectivity index (χ0v) is 43.0. The van der Waals surface area contributed by atoms with Crippen molar-refractivity contribution in [2.45, 2.75) is 146 Å². The quantitative estimate of drug-likeness (QED) is 0.122. The molecular formula is C66H74. The molecule has 0 saturated carbocycles. The zero-order valence-electron chi connectivity index (χ0n) is 43.0. The fraction of sp³-hybridized carbons (Fsp3) is 0.333. The van der Waals surface area contributed by atoms with Crippen molar-refractivity contribution in [1.82, 2.24) is 0 Å². The van der Waals surface area contributed by atoms with E-state index in [1.807, 2.05) is 0 Å². The van der Waals surface area contributed by atoms with E-state index in [-0.39, 0.29) is 0 Å². The van der Waals surface area contributed by atoms with E-state index < -0.39 is 0 Å². The third-order valence-corrected chi connectivity index (χ3v) is 14.9. The smallest absolute Gasteiger partial charge is 0.00608 e. The molecule has 0 unspecified atom stereocenters. The van der Waals surface area contributed by atoms with E-state index >= 15 is 0 Å². The average Bonchev–Trinajstić information content (AvgIpc) is 3.28. The second-order valence-corrected chi connectivity index (χ2v) is 21.3. The Kier molecular flexibility index (Phi) is 13.1. The molecule has 8 rings (SSSR count). The lowest BCUT2D eigenvalue weighted by Crippen LogP contribution is -2.05. The highest BCUT2D eigenvalue weighted by Gasteiger charge is 2.26. The van der Waals surface area contributed by atoms with Gasteiger partial charge < -0.3 is 0 Å². The number of hydrogen-bond donors (Lipinski definition) is 0. The van der Waals surface area contributed by atoms with Gasteiger partial charge in [0.25, 0.3) is 0 Å². The Hall–Kier alpha value is -5.72. The van der Waals surface area contributed by atoms with Crippen molar-refractivity contribution >= 4 is 21.5 Å². The van der Waals surface area contributed by atoms with Crippen LogP contribution in [-0.4, -0.2) is 0 Å².